The van der Waals surface area contributed by atoms with Crippen LogP contribution in [0.3, 0.4) is 0 Å². The molecule has 2 aromatic heterocycles. The van der Waals surface area contributed by atoms with Crippen molar-refractivity contribution >= 4 is 35.1 Å². The summed E-state index contributed by atoms with van der Waals surface area (Å²) in [5.74, 6) is 1.17. The van der Waals surface area contributed by atoms with Gasteiger partial charge in [0.05, 0.1) is 10.8 Å². The van der Waals surface area contributed by atoms with Crippen molar-refractivity contribution in [2.24, 2.45) is 0 Å². The number of carbonyl (C=O) groups is 1. The van der Waals surface area contributed by atoms with Crippen molar-refractivity contribution in [2.45, 2.75) is 19.0 Å². The van der Waals surface area contributed by atoms with Crippen LogP contribution in [0.5, 0.6) is 0 Å². The summed E-state index contributed by atoms with van der Waals surface area (Å²) in [6, 6.07) is 19.6. The van der Waals surface area contributed by atoms with Crippen molar-refractivity contribution in [3.8, 4) is 17.1 Å². The largest absolute Gasteiger partial charge is 0.310 e. The van der Waals surface area contributed by atoms with Gasteiger partial charge in [0.15, 0.2) is 11.0 Å². The Morgan fingerprint density at radius 1 is 0.968 bits per heavy atom. The number of halogens is 1. The van der Waals surface area contributed by atoms with Crippen molar-refractivity contribution in [3.05, 3.63) is 83.0 Å². The van der Waals surface area contributed by atoms with E-state index < -0.39 is 0 Å². The maximum Gasteiger partial charge on any atom is 0.236 e. The van der Waals surface area contributed by atoms with Gasteiger partial charge in [0.2, 0.25) is 5.91 Å². The van der Waals surface area contributed by atoms with E-state index in [9.17, 15) is 4.79 Å². The molecule has 4 rings (SSSR count). The number of thioether (sulfide) groups is 1. The molecule has 1 N–H and O–H groups in total. The molecular formula is C23H20ClN5OS. The van der Waals surface area contributed by atoms with Crippen LogP contribution in [0.4, 0.5) is 5.82 Å². The molecule has 1 amide bonds. The van der Waals surface area contributed by atoms with Crippen LogP contribution in [0.15, 0.2) is 72.0 Å². The number of pyridine rings is 1. The van der Waals surface area contributed by atoms with Crippen LogP contribution in [0.2, 0.25) is 5.02 Å². The number of aryl methyl sites for hydroxylation is 2. The second-order valence-corrected chi connectivity index (χ2v) is 8.42. The summed E-state index contributed by atoms with van der Waals surface area (Å²) < 4.78 is 1.97. The number of aromatic nitrogens is 4. The predicted molar refractivity (Wildman–Crippen MR) is 125 cm³/mol. The van der Waals surface area contributed by atoms with E-state index in [-0.39, 0.29) is 11.7 Å². The summed E-state index contributed by atoms with van der Waals surface area (Å²) >= 11 is 7.16. The summed E-state index contributed by atoms with van der Waals surface area (Å²) in [7, 11) is 0. The summed E-state index contributed by atoms with van der Waals surface area (Å²) in [5, 5.41) is 12.7. The van der Waals surface area contributed by atoms with Gasteiger partial charge in [-0.25, -0.2) is 4.98 Å². The Morgan fingerprint density at radius 2 is 1.65 bits per heavy atom. The van der Waals surface area contributed by atoms with Crippen LogP contribution in [0, 0.1) is 13.8 Å². The van der Waals surface area contributed by atoms with Gasteiger partial charge in [0.25, 0.3) is 0 Å². The number of nitrogens with zero attached hydrogens (tertiary/aromatic N) is 4. The first kappa shape index (κ1) is 21.1. The lowest BCUT2D eigenvalue weighted by Gasteiger charge is -2.11. The first-order chi connectivity index (χ1) is 15.0. The molecule has 0 fully saturated rings. The lowest BCUT2D eigenvalue weighted by molar-refractivity contribution is -0.113. The Bertz CT molecular complexity index is 1190. The second kappa shape index (κ2) is 9.32. The van der Waals surface area contributed by atoms with Crippen LogP contribution in [-0.2, 0) is 4.79 Å². The van der Waals surface area contributed by atoms with E-state index >= 15 is 0 Å². The number of rotatable bonds is 6. The van der Waals surface area contributed by atoms with Gasteiger partial charge in [-0.2, -0.15) is 0 Å². The summed E-state index contributed by atoms with van der Waals surface area (Å²) in [6.07, 6.45) is 1.49. The molecule has 0 aliphatic heterocycles. The second-order valence-electron chi connectivity index (χ2n) is 7.04. The van der Waals surface area contributed by atoms with Gasteiger partial charge in [-0.3, -0.25) is 9.36 Å². The molecule has 31 heavy (non-hydrogen) atoms. The number of hydrogen-bond acceptors (Lipinski definition) is 5. The molecule has 0 saturated heterocycles. The fourth-order valence-electron chi connectivity index (χ4n) is 2.94. The maximum atomic E-state index is 12.4. The number of anilines is 1. The zero-order valence-corrected chi connectivity index (χ0v) is 18.6. The van der Waals surface area contributed by atoms with E-state index in [4.69, 9.17) is 11.6 Å². The van der Waals surface area contributed by atoms with Gasteiger partial charge >= 0.3 is 0 Å². The molecule has 2 aromatic carbocycles. The van der Waals surface area contributed by atoms with E-state index in [1.807, 2.05) is 66.9 Å². The molecule has 0 saturated carbocycles. The molecular weight excluding hydrogens is 430 g/mol. The number of hydrogen-bond donors (Lipinski definition) is 1. The lowest BCUT2D eigenvalue weighted by Crippen LogP contribution is -2.15. The Balaban J connectivity index is 1.59. The molecule has 4 aromatic rings. The standard InChI is InChI=1S/C23H20ClN5OS/c1-15-3-7-17(8-4-15)22-27-28-23(29(22)19-10-5-16(2)6-11-19)31-14-21(30)26-20-12-9-18(24)13-25-20/h3-13H,14H2,1-2H3,(H,25,26,30). The highest BCUT2D eigenvalue weighted by molar-refractivity contribution is 7.99. The van der Waals surface area contributed by atoms with Crippen LogP contribution >= 0.6 is 23.4 Å². The number of carbonyl (C=O) groups excluding carboxylic acids is 1. The number of amides is 1. The minimum Gasteiger partial charge on any atom is -0.310 e. The van der Waals surface area contributed by atoms with E-state index in [0.717, 1.165) is 22.6 Å². The third kappa shape index (κ3) is 5.13. The molecule has 0 aliphatic carbocycles. The molecule has 2 heterocycles. The van der Waals surface area contributed by atoms with Crippen LogP contribution in [0.1, 0.15) is 11.1 Å². The fourth-order valence-corrected chi connectivity index (χ4v) is 3.80. The zero-order chi connectivity index (χ0) is 21.8. The summed E-state index contributed by atoms with van der Waals surface area (Å²) in [4.78, 5) is 16.5. The van der Waals surface area contributed by atoms with E-state index in [0.29, 0.717) is 16.0 Å². The lowest BCUT2D eigenvalue weighted by atomic mass is 10.1. The highest BCUT2D eigenvalue weighted by Crippen LogP contribution is 2.28. The van der Waals surface area contributed by atoms with Gasteiger partial charge in [0.1, 0.15) is 5.82 Å². The van der Waals surface area contributed by atoms with Crippen LogP contribution in [0.25, 0.3) is 17.1 Å². The Kier molecular flexibility index (Phi) is 6.34. The SMILES string of the molecule is Cc1ccc(-c2nnc(SCC(=O)Nc3ccc(Cl)cn3)n2-c2ccc(C)cc2)cc1. The van der Waals surface area contributed by atoms with Gasteiger partial charge in [-0.1, -0.05) is 70.9 Å². The molecule has 0 atom stereocenters. The molecule has 156 valence electrons. The van der Waals surface area contributed by atoms with E-state index in [1.165, 1.54) is 23.5 Å². The normalized spacial score (nSPS) is 10.8. The van der Waals surface area contributed by atoms with Gasteiger partial charge in [-0.05, 0) is 38.1 Å². The fraction of sp³-hybridized carbons (Fsp3) is 0.130. The average Bonchev–Trinajstić information content (AvgIpc) is 3.19. The minimum absolute atomic E-state index is 0.169. The quantitative estimate of drug-likeness (QED) is 0.403. The van der Waals surface area contributed by atoms with E-state index in [2.05, 4.69) is 20.5 Å². The highest BCUT2D eigenvalue weighted by Gasteiger charge is 2.17. The number of nitrogens with one attached hydrogen (secondary N) is 1. The minimum atomic E-state index is -0.185. The van der Waals surface area contributed by atoms with Crippen molar-refractivity contribution in [1.82, 2.24) is 19.7 Å². The Morgan fingerprint density at radius 3 is 2.29 bits per heavy atom. The van der Waals surface area contributed by atoms with E-state index in [1.54, 1.807) is 12.1 Å². The topological polar surface area (TPSA) is 72.7 Å². The van der Waals surface area contributed by atoms with Crippen LogP contribution < -0.4 is 5.32 Å². The van der Waals surface area contributed by atoms with Crippen molar-refractivity contribution in [1.29, 1.82) is 0 Å². The molecule has 0 spiro atoms. The Hall–Kier alpha value is -3.16. The molecule has 8 heteroatoms. The average molecular weight is 450 g/mol. The van der Waals surface area contributed by atoms with Gasteiger partial charge in [0, 0.05) is 17.4 Å². The molecule has 0 bridgehead atoms. The highest BCUT2D eigenvalue weighted by atomic mass is 35.5. The zero-order valence-electron chi connectivity index (χ0n) is 17.0. The number of benzene rings is 2. The third-order valence-corrected chi connectivity index (χ3v) is 5.72. The van der Waals surface area contributed by atoms with Crippen LogP contribution in [-0.4, -0.2) is 31.4 Å². The van der Waals surface area contributed by atoms with Crippen molar-refractivity contribution in [3.63, 3.8) is 0 Å². The molecule has 0 unspecified atom stereocenters. The summed E-state index contributed by atoms with van der Waals surface area (Å²) in [6.45, 7) is 4.09. The van der Waals surface area contributed by atoms with Crippen molar-refractivity contribution in [2.75, 3.05) is 11.1 Å². The first-order valence-electron chi connectivity index (χ1n) is 9.63. The smallest absolute Gasteiger partial charge is 0.236 e. The van der Waals surface area contributed by atoms with Gasteiger partial charge in [-0.15, -0.1) is 10.2 Å². The Labute approximate surface area is 189 Å². The molecule has 6 nitrogen and oxygen atoms in total. The summed E-state index contributed by atoms with van der Waals surface area (Å²) in [5.41, 5.74) is 4.23. The third-order valence-electron chi connectivity index (χ3n) is 4.56. The van der Waals surface area contributed by atoms with Crippen molar-refractivity contribution < 1.29 is 4.79 Å². The molecule has 0 aliphatic rings. The monoisotopic (exact) mass is 449 g/mol. The first-order valence-corrected chi connectivity index (χ1v) is 11.0. The van der Waals surface area contributed by atoms with Gasteiger partial charge < -0.3 is 5.32 Å². The molecule has 0 radical (unpaired) electrons. The maximum absolute atomic E-state index is 12.4. The predicted octanol–water partition coefficient (Wildman–Crippen LogP) is 5.33.